The van der Waals surface area contributed by atoms with Crippen molar-refractivity contribution in [2.75, 3.05) is 92.8 Å². The fourth-order valence-electron chi connectivity index (χ4n) is 15.8. The van der Waals surface area contributed by atoms with E-state index in [0.29, 0.717) is 87.6 Å². The fourth-order valence-corrected chi connectivity index (χ4v) is 16.8. The number of piperazine rings is 1. The van der Waals surface area contributed by atoms with Gasteiger partial charge in [-0.05, 0) is 125 Å². The second kappa shape index (κ2) is 23.6. The molecule has 8 aliphatic heterocycles. The number of imide groups is 2. The summed E-state index contributed by atoms with van der Waals surface area (Å²) in [4.78, 5) is 100. The van der Waals surface area contributed by atoms with Gasteiger partial charge < -0.3 is 48.7 Å². The molecular formula is C67H73N11O14S. The first kappa shape index (κ1) is 60.4. The normalized spacial score (nSPS) is 24.2. The molecule has 5 amide bonds. The number of H-pyrrole nitrogens is 1. The Morgan fingerprint density at radius 2 is 1.62 bits per heavy atom. The van der Waals surface area contributed by atoms with Gasteiger partial charge in [-0.15, -0.1) is 0 Å². The standard InChI is InChI=1S/C67H73N11O14S/c1-38(2)91-55-10-5-4-7-44(55)54-35-74(49-9-6-8-46-59(49)66(83)77(64(46)81)50-13-14-58(79)72(3)65(50)82)24-25-75(54)42-33-67(34-42)19-22-73(23-20-67)41-11-12-45(51(30-41)76-48-18-28-89-37-57(48)92-63-53(76)29-40-15-21-68-61(40)70-63)62(80)71-93(86,87)43-31-52(78(84)85)60-56(32-43)90-36-47(69-60)39-16-26-88-27-17-39/h4-12,15,21,29-32,38-39,42,47-48,50,54,57,69H,13-14,16-20,22-28,33-37H2,1-3H3,(H,68,70)(H,71,80)/t47-,48-,50?,54-,57-/m0/s1. The number of nitrogens with one attached hydrogen (secondary N) is 3. The molecule has 1 spiro atoms. The van der Waals surface area contributed by atoms with Crippen molar-refractivity contribution in [2.24, 2.45) is 11.3 Å². The molecular weight excluding hydrogens is 1210 g/mol. The summed E-state index contributed by atoms with van der Waals surface area (Å²) in [6.07, 6.45) is 6.97. The van der Waals surface area contributed by atoms with E-state index in [1.54, 1.807) is 24.4 Å². The maximum atomic E-state index is 15.0. The highest BCUT2D eigenvalue weighted by Gasteiger charge is 2.53. The van der Waals surface area contributed by atoms with Crippen LogP contribution in [0.2, 0.25) is 0 Å². The van der Waals surface area contributed by atoms with Crippen molar-refractivity contribution >= 4 is 84.7 Å². The van der Waals surface area contributed by atoms with Gasteiger partial charge in [0.2, 0.25) is 11.8 Å². The Hall–Kier alpha value is -8.85. The van der Waals surface area contributed by atoms with Crippen LogP contribution in [0.1, 0.15) is 114 Å². The first-order valence-corrected chi connectivity index (χ1v) is 33.7. The maximum Gasteiger partial charge on any atom is 0.297 e. The van der Waals surface area contributed by atoms with Crippen LogP contribution in [0, 0.1) is 21.4 Å². The molecule has 93 heavy (non-hydrogen) atoms. The minimum atomic E-state index is -4.77. The molecule has 25 nitrogen and oxygen atoms in total. The van der Waals surface area contributed by atoms with E-state index in [1.807, 2.05) is 67.3 Å². The molecule has 6 fully saturated rings. The van der Waals surface area contributed by atoms with E-state index in [9.17, 15) is 37.7 Å². The summed E-state index contributed by atoms with van der Waals surface area (Å²) < 4.78 is 62.0. The zero-order valence-electron chi connectivity index (χ0n) is 51.9. The summed E-state index contributed by atoms with van der Waals surface area (Å²) in [5.41, 5.74) is 4.27. The van der Waals surface area contributed by atoms with Gasteiger partial charge in [-0.2, -0.15) is 4.98 Å². The number of anilines is 5. The number of hydrogen-bond acceptors (Lipinski definition) is 20. The molecule has 2 aromatic heterocycles. The third-order valence-corrected chi connectivity index (χ3v) is 22.0. The first-order chi connectivity index (χ1) is 44.9. The van der Waals surface area contributed by atoms with Crippen LogP contribution in [-0.2, 0) is 29.1 Å². The predicted octanol–water partition coefficient (Wildman–Crippen LogP) is 7.72. The highest BCUT2D eigenvalue weighted by atomic mass is 32.2. The van der Waals surface area contributed by atoms with E-state index >= 15 is 4.79 Å². The second-order valence-corrected chi connectivity index (χ2v) is 28.1. The summed E-state index contributed by atoms with van der Waals surface area (Å²) in [7, 11) is -3.38. The molecule has 0 radical (unpaired) electrons. The lowest BCUT2D eigenvalue weighted by atomic mass is 9.59. The van der Waals surface area contributed by atoms with Crippen LogP contribution in [0.5, 0.6) is 17.4 Å². The van der Waals surface area contributed by atoms with Crippen LogP contribution in [0.4, 0.5) is 34.1 Å². The lowest BCUT2D eigenvalue weighted by Crippen LogP contribution is -2.60. The number of likely N-dealkylation sites (tertiary alicyclic amines) is 1. The molecule has 9 aliphatic rings. The SMILES string of the molecule is CC(C)Oc1ccccc1[C@@H]1CN(c2cccc3c2C(=O)N(C2CCC(=O)N(C)C2=O)C3=O)CCN1C1CC2(CCN(c3ccc(C(=O)NS(=O)(=O)c4cc5c(c([N+](=O)[O-])c4)N[C@H](C4CCOCC4)CO5)c(N4c5cc6cc[nH]c6nc5O[C@H]5COCC[C@@H]54)c3)CC2)C1. The van der Waals surface area contributed by atoms with Gasteiger partial charge in [-0.1, -0.05) is 24.3 Å². The fraction of sp³-hybridized carbons (Fsp3) is 0.463. The van der Waals surface area contributed by atoms with Gasteiger partial charge in [0.15, 0.2) is 11.4 Å². The Morgan fingerprint density at radius 3 is 2.42 bits per heavy atom. The molecule has 15 rings (SSSR count). The summed E-state index contributed by atoms with van der Waals surface area (Å²) in [5, 5.41) is 16.7. The van der Waals surface area contributed by atoms with E-state index in [-0.39, 0.29) is 102 Å². The van der Waals surface area contributed by atoms with Crippen LogP contribution < -0.4 is 38.9 Å². The Balaban J connectivity index is 0.699. The Bertz CT molecular complexity index is 4160. The van der Waals surface area contributed by atoms with Crippen molar-refractivity contribution in [1.29, 1.82) is 0 Å². The van der Waals surface area contributed by atoms with Crippen molar-refractivity contribution in [3.8, 4) is 17.4 Å². The number of pyridine rings is 1. The van der Waals surface area contributed by atoms with Crippen molar-refractivity contribution in [1.82, 2.24) is 29.4 Å². The van der Waals surface area contributed by atoms with Crippen molar-refractivity contribution in [2.45, 2.75) is 119 Å². The molecule has 5 atom stereocenters. The Morgan fingerprint density at radius 1 is 0.828 bits per heavy atom. The third-order valence-electron chi connectivity index (χ3n) is 20.7. The molecule has 0 bridgehead atoms. The predicted molar refractivity (Wildman–Crippen MR) is 341 cm³/mol. The van der Waals surface area contributed by atoms with Gasteiger partial charge in [-0.25, -0.2) is 13.1 Å². The number of carbonyl (C=O) groups is 5. The quantitative estimate of drug-likeness (QED) is 0.0567. The topological polar surface area (TPSA) is 281 Å². The number of ether oxygens (including phenoxy) is 5. The molecule has 4 aromatic carbocycles. The van der Waals surface area contributed by atoms with Crippen LogP contribution in [0.3, 0.4) is 0 Å². The van der Waals surface area contributed by atoms with E-state index in [1.165, 1.54) is 13.1 Å². The highest BCUT2D eigenvalue weighted by molar-refractivity contribution is 7.90. The monoisotopic (exact) mass is 1290 g/mol. The van der Waals surface area contributed by atoms with Crippen LogP contribution in [-0.4, -0.2) is 177 Å². The van der Waals surface area contributed by atoms with Crippen molar-refractivity contribution in [3.05, 3.63) is 123 Å². The number of aromatic amines is 1. The zero-order valence-corrected chi connectivity index (χ0v) is 52.7. The number of amides is 5. The van der Waals surface area contributed by atoms with Gasteiger partial charge in [-0.3, -0.25) is 48.8 Å². The van der Waals surface area contributed by atoms with Crippen LogP contribution in [0.15, 0.2) is 96.0 Å². The van der Waals surface area contributed by atoms with Crippen molar-refractivity contribution < 1.29 is 61.0 Å². The van der Waals surface area contributed by atoms with Gasteiger partial charge in [0.25, 0.3) is 39.3 Å². The number of hydrogen-bond donors (Lipinski definition) is 3. The number of piperidine rings is 2. The number of para-hydroxylation sites is 1. The lowest BCUT2D eigenvalue weighted by molar-refractivity contribution is -0.384. The Labute approximate surface area is 536 Å². The average Bonchev–Trinajstić information content (AvgIpc) is 1.73. The molecule has 6 aromatic rings. The Kier molecular flexibility index (Phi) is 15.3. The number of nitro groups is 1. The summed E-state index contributed by atoms with van der Waals surface area (Å²) in [5.74, 6) is -1.71. The van der Waals surface area contributed by atoms with Crippen LogP contribution in [0.25, 0.3) is 11.0 Å². The molecule has 26 heteroatoms. The van der Waals surface area contributed by atoms with E-state index in [4.69, 9.17) is 28.7 Å². The number of fused-ring (bicyclic) bond motifs is 5. The molecule has 3 N–H and O–H groups in total. The number of carbonyl (C=O) groups excluding carboxylic acids is 5. The van der Waals surface area contributed by atoms with Crippen LogP contribution >= 0.6 is 0 Å². The van der Waals surface area contributed by atoms with E-state index in [0.717, 1.165) is 76.8 Å². The summed E-state index contributed by atoms with van der Waals surface area (Å²) in [6, 6.07) is 23.3. The number of nitrogens with zero attached hydrogens (tertiary/aromatic N) is 8. The second-order valence-electron chi connectivity index (χ2n) is 26.4. The number of benzene rings is 4. The number of aromatic nitrogens is 2. The molecule has 10 heterocycles. The average molecular weight is 1290 g/mol. The molecule has 1 saturated carbocycles. The minimum absolute atomic E-state index is 0.00373. The largest absolute Gasteiger partial charge is 0.491 e. The molecule has 486 valence electrons. The number of rotatable bonds is 13. The lowest BCUT2D eigenvalue weighted by Gasteiger charge is -2.58. The van der Waals surface area contributed by atoms with E-state index in [2.05, 4.69) is 35.8 Å². The summed E-state index contributed by atoms with van der Waals surface area (Å²) in [6.45, 7) is 9.06. The van der Waals surface area contributed by atoms with Gasteiger partial charge in [0.1, 0.15) is 35.8 Å². The smallest absolute Gasteiger partial charge is 0.297 e. The van der Waals surface area contributed by atoms with E-state index < -0.39 is 61.3 Å². The highest BCUT2D eigenvalue weighted by Crippen LogP contribution is 2.55. The van der Waals surface area contributed by atoms with Crippen molar-refractivity contribution in [3.63, 3.8) is 0 Å². The van der Waals surface area contributed by atoms with Gasteiger partial charge in [0, 0.05) is 107 Å². The minimum Gasteiger partial charge on any atom is -0.491 e. The molecule has 5 saturated heterocycles. The molecule has 1 aliphatic carbocycles. The molecule has 1 unspecified atom stereocenters. The number of nitro benzene ring substituents is 1. The van der Waals surface area contributed by atoms with Gasteiger partial charge >= 0.3 is 0 Å². The zero-order chi connectivity index (χ0) is 64.2. The maximum absolute atomic E-state index is 15.0. The number of sulfonamides is 1. The first-order valence-electron chi connectivity index (χ1n) is 32.3. The number of likely N-dealkylation sites (N-methyl/N-ethyl adjacent to an activating group) is 1. The summed E-state index contributed by atoms with van der Waals surface area (Å²) >= 11 is 0. The third kappa shape index (κ3) is 10.7. The van der Waals surface area contributed by atoms with Gasteiger partial charge in [0.05, 0.1) is 68.7 Å².